The summed E-state index contributed by atoms with van der Waals surface area (Å²) in [6, 6.07) is 24.8. The topological polar surface area (TPSA) is 121 Å². The van der Waals surface area contributed by atoms with Crippen LogP contribution in [0.15, 0.2) is 110 Å². The Morgan fingerprint density at radius 2 is 1.61 bits per heavy atom. The van der Waals surface area contributed by atoms with E-state index in [0.29, 0.717) is 24.9 Å². The molecule has 1 spiro atoms. The zero-order valence-corrected chi connectivity index (χ0v) is 29.8. The van der Waals surface area contributed by atoms with Crippen molar-refractivity contribution in [2.24, 2.45) is 11.8 Å². The molecule has 11 nitrogen and oxygen atoms in total. The first kappa shape index (κ1) is 34.8. The molecular formula is C39H41BrN6O5. The largest absolute Gasteiger partial charge is 0.394 e. The van der Waals surface area contributed by atoms with Gasteiger partial charge < -0.3 is 24.5 Å². The van der Waals surface area contributed by atoms with Crippen LogP contribution in [-0.4, -0.2) is 101 Å². The first-order chi connectivity index (χ1) is 24.8. The van der Waals surface area contributed by atoms with E-state index in [0.717, 1.165) is 16.6 Å². The Bertz CT molecular complexity index is 1920. The fourth-order valence-electron chi connectivity index (χ4n) is 8.29. The lowest BCUT2D eigenvalue weighted by atomic mass is 9.70. The second-order valence-corrected chi connectivity index (χ2v) is 14.7. The number of carbonyl (C=O) groups excluding carboxylic acids is 3. The van der Waals surface area contributed by atoms with Crippen molar-refractivity contribution >= 4 is 44.7 Å². The molecule has 0 radical (unpaired) electrons. The molecule has 3 amide bonds. The Morgan fingerprint density at radius 3 is 2.29 bits per heavy atom. The summed E-state index contributed by atoms with van der Waals surface area (Å²) in [6.45, 7) is 8.22. The summed E-state index contributed by atoms with van der Waals surface area (Å²) < 4.78 is 8.49. The van der Waals surface area contributed by atoms with Crippen LogP contribution in [0.1, 0.15) is 17.5 Å². The highest BCUT2D eigenvalue weighted by Gasteiger charge is 2.77. The summed E-state index contributed by atoms with van der Waals surface area (Å²) in [5.74, 6) is -2.78. The number of halogens is 1. The average molecular weight is 754 g/mol. The van der Waals surface area contributed by atoms with Crippen LogP contribution < -0.4 is 0 Å². The number of likely N-dealkylation sites (tertiary alicyclic amines) is 1. The van der Waals surface area contributed by atoms with Crippen LogP contribution in [0.3, 0.4) is 0 Å². The van der Waals surface area contributed by atoms with Gasteiger partial charge in [0.05, 0.1) is 36.1 Å². The van der Waals surface area contributed by atoms with Gasteiger partial charge in [0.25, 0.3) is 0 Å². The van der Waals surface area contributed by atoms with E-state index in [1.807, 2.05) is 84.9 Å². The first-order valence-electron chi connectivity index (χ1n) is 17.2. The molecule has 4 heterocycles. The molecule has 3 unspecified atom stereocenters. The van der Waals surface area contributed by atoms with Gasteiger partial charge >= 0.3 is 0 Å². The van der Waals surface area contributed by atoms with Gasteiger partial charge in [-0.25, -0.2) is 4.68 Å². The second-order valence-electron chi connectivity index (χ2n) is 13.5. The van der Waals surface area contributed by atoms with Gasteiger partial charge in [-0.15, -0.1) is 18.3 Å². The van der Waals surface area contributed by atoms with Crippen LogP contribution in [0.4, 0.5) is 0 Å². The minimum Gasteiger partial charge on any atom is -0.394 e. The third-order valence-electron chi connectivity index (χ3n) is 10.4. The Morgan fingerprint density at radius 1 is 0.961 bits per heavy atom. The third-order valence-corrected chi connectivity index (χ3v) is 11.3. The summed E-state index contributed by atoms with van der Waals surface area (Å²) >= 11 is 3.80. The van der Waals surface area contributed by atoms with E-state index in [1.165, 1.54) is 4.90 Å². The second kappa shape index (κ2) is 14.5. The molecule has 1 aromatic heterocycles. The standard InChI is InChI=1S/C39H41BrN6O5/c1-3-19-43(23-27-15-9-6-10-16-27)36(48)32-33-37(49)46(28(24-47)21-26-13-7-5-8-14-26)35(39(33)22-29(40)34(32)51-39)38(50)44(20-4-2)25-45-31-18-12-11-17-30(31)41-42-45/h3-18,28-29,32-35,47H,1-2,19-25H2/t28-,29?,32-,33+,34-,35?,39?/m1/s1. The zero-order valence-electron chi connectivity index (χ0n) is 28.2. The molecule has 4 aromatic rings. The molecular weight excluding hydrogens is 712 g/mol. The van der Waals surface area contributed by atoms with Crippen LogP contribution in [0.5, 0.6) is 0 Å². The number of rotatable bonds is 14. The SMILES string of the molecule is C=CCN(Cn1nnc2ccccc21)C(=O)C1N([C@@H](CO)Cc2ccccc2)C(=O)[C@@H]2[C@@H](C(=O)N(CC=C)Cc3ccccc3)[C@@H]3OC12CC3Br. The quantitative estimate of drug-likeness (QED) is 0.153. The number of amides is 3. The molecule has 51 heavy (non-hydrogen) atoms. The summed E-state index contributed by atoms with van der Waals surface area (Å²) in [5, 5.41) is 19.5. The molecule has 3 fully saturated rings. The lowest BCUT2D eigenvalue weighted by Gasteiger charge is -2.39. The highest BCUT2D eigenvalue weighted by atomic mass is 79.9. The highest BCUT2D eigenvalue weighted by Crippen LogP contribution is 2.61. The number of aliphatic hydroxyl groups is 1. The molecule has 2 bridgehead atoms. The average Bonchev–Trinajstić information content (AvgIpc) is 3.87. The number of ether oxygens (including phenoxy) is 1. The molecule has 7 atom stereocenters. The van der Waals surface area contributed by atoms with Crippen molar-refractivity contribution in [2.45, 2.75) is 54.7 Å². The Hall–Kier alpha value is -4.65. The number of hydrogen-bond acceptors (Lipinski definition) is 7. The molecule has 0 saturated carbocycles. The number of nitrogens with zero attached hydrogens (tertiary/aromatic N) is 6. The van der Waals surface area contributed by atoms with Gasteiger partial charge in [-0.2, -0.15) is 0 Å². The Kier molecular flexibility index (Phi) is 9.91. The lowest BCUT2D eigenvalue weighted by molar-refractivity contribution is -0.152. The maximum Gasteiger partial charge on any atom is 0.250 e. The fourth-order valence-corrected chi connectivity index (χ4v) is 9.23. The van der Waals surface area contributed by atoms with Crippen LogP contribution in [0.2, 0.25) is 0 Å². The molecule has 3 aromatic carbocycles. The van der Waals surface area contributed by atoms with Gasteiger partial charge in [0.2, 0.25) is 17.7 Å². The van der Waals surface area contributed by atoms with Gasteiger partial charge in [0.15, 0.2) is 0 Å². The summed E-state index contributed by atoms with van der Waals surface area (Å²) in [4.78, 5) is 49.4. The van der Waals surface area contributed by atoms with Crippen molar-refractivity contribution in [1.29, 1.82) is 0 Å². The predicted octanol–water partition coefficient (Wildman–Crippen LogP) is 3.97. The molecule has 264 valence electrons. The Labute approximate surface area is 305 Å². The van der Waals surface area contributed by atoms with Crippen molar-refractivity contribution in [3.05, 3.63) is 121 Å². The minimum absolute atomic E-state index is 0.0425. The maximum absolute atomic E-state index is 15.1. The smallest absolute Gasteiger partial charge is 0.250 e. The van der Waals surface area contributed by atoms with Crippen molar-refractivity contribution in [2.75, 3.05) is 19.7 Å². The highest BCUT2D eigenvalue weighted by molar-refractivity contribution is 9.09. The van der Waals surface area contributed by atoms with E-state index >= 15 is 9.59 Å². The van der Waals surface area contributed by atoms with Crippen LogP contribution in [0.25, 0.3) is 11.0 Å². The predicted molar refractivity (Wildman–Crippen MR) is 195 cm³/mol. The molecule has 7 rings (SSSR count). The maximum atomic E-state index is 15.1. The number of benzene rings is 3. The number of alkyl halides is 1. The number of fused-ring (bicyclic) bond motifs is 2. The van der Waals surface area contributed by atoms with Crippen LogP contribution >= 0.6 is 15.9 Å². The van der Waals surface area contributed by atoms with E-state index in [-0.39, 0.29) is 42.3 Å². The van der Waals surface area contributed by atoms with Crippen molar-refractivity contribution < 1.29 is 24.2 Å². The van der Waals surface area contributed by atoms with Gasteiger partial charge in [-0.3, -0.25) is 14.4 Å². The van der Waals surface area contributed by atoms with Crippen molar-refractivity contribution in [3.63, 3.8) is 0 Å². The summed E-state index contributed by atoms with van der Waals surface area (Å²) in [5.41, 5.74) is 1.95. The zero-order chi connectivity index (χ0) is 35.7. The molecule has 3 saturated heterocycles. The Balaban J connectivity index is 1.30. The monoisotopic (exact) mass is 752 g/mol. The van der Waals surface area contributed by atoms with E-state index in [2.05, 4.69) is 39.4 Å². The van der Waals surface area contributed by atoms with Gasteiger partial charge in [-0.05, 0) is 36.1 Å². The normalized spacial score (nSPS) is 25.5. The number of carbonyl (C=O) groups is 3. The number of hydrogen-bond donors (Lipinski definition) is 1. The molecule has 12 heteroatoms. The third kappa shape index (κ3) is 6.19. The molecule has 0 aliphatic carbocycles. The summed E-state index contributed by atoms with van der Waals surface area (Å²) in [6.07, 6.45) is 3.31. The van der Waals surface area contributed by atoms with E-state index in [4.69, 9.17) is 4.74 Å². The van der Waals surface area contributed by atoms with Gasteiger partial charge in [0, 0.05) is 24.5 Å². The lowest BCUT2D eigenvalue weighted by Crippen LogP contribution is -2.59. The van der Waals surface area contributed by atoms with Gasteiger partial charge in [0.1, 0.15) is 23.8 Å². The number of para-hydroxylation sites is 1. The van der Waals surface area contributed by atoms with Crippen LogP contribution in [-0.2, 0) is 38.8 Å². The summed E-state index contributed by atoms with van der Waals surface area (Å²) in [7, 11) is 0. The van der Waals surface area contributed by atoms with E-state index in [1.54, 1.807) is 26.6 Å². The number of aliphatic hydroxyl groups excluding tert-OH is 1. The van der Waals surface area contributed by atoms with Crippen molar-refractivity contribution in [1.82, 2.24) is 29.7 Å². The minimum atomic E-state index is -1.33. The van der Waals surface area contributed by atoms with Gasteiger partial charge in [-0.1, -0.05) is 106 Å². The number of aromatic nitrogens is 3. The van der Waals surface area contributed by atoms with E-state index < -0.39 is 42.2 Å². The first-order valence-corrected chi connectivity index (χ1v) is 18.1. The van der Waals surface area contributed by atoms with E-state index in [9.17, 15) is 9.90 Å². The van der Waals surface area contributed by atoms with Crippen molar-refractivity contribution in [3.8, 4) is 0 Å². The molecule has 3 aliphatic heterocycles. The molecule has 3 aliphatic rings. The molecule has 1 N–H and O–H groups in total. The fraction of sp³-hybridized carbons (Fsp3) is 0.359. The van der Waals surface area contributed by atoms with Crippen LogP contribution in [0, 0.1) is 11.8 Å².